The lowest BCUT2D eigenvalue weighted by Crippen LogP contribution is -2.14. The van der Waals surface area contributed by atoms with Gasteiger partial charge in [0.25, 0.3) is 10.0 Å². The third-order valence-electron chi connectivity index (χ3n) is 2.65. The van der Waals surface area contributed by atoms with Gasteiger partial charge in [0, 0.05) is 30.0 Å². The van der Waals surface area contributed by atoms with Crippen molar-refractivity contribution in [2.24, 2.45) is 0 Å². The van der Waals surface area contributed by atoms with Crippen LogP contribution in [0.4, 0.5) is 5.82 Å². The van der Waals surface area contributed by atoms with E-state index in [1.807, 2.05) is 6.92 Å². The van der Waals surface area contributed by atoms with Crippen molar-refractivity contribution in [1.29, 1.82) is 0 Å². The van der Waals surface area contributed by atoms with Gasteiger partial charge in [-0.05, 0) is 19.4 Å². The van der Waals surface area contributed by atoms with Gasteiger partial charge in [0.15, 0.2) is 5.03 Å². The zero-order chi connectivity index (χ0) is 14.8. The Kier molecular flexibility index (Phi) is 4.29. The molecule has 6 nitrogen and oxygen atoms in total. The van der Waals surface area contributed by atoms with E-state index >= 15 is 0 Å². The van der Waals surface area contributed by atoms with Crippen molar-refractivity contribution < 1.29 is 8.42 Å². The van der Waals surface area contributed by atoms with Crippen LogP contribution in [0.5, 0.6) is 0 Å². The zero-order valence-electron chi connectivity index (χ0n) is 11.2. The van der Waals surface area contributed by atoms with Crippen LogP contribution in [0.25, 0.3) is 0 Å². The second-order valence-corrected chi connectivity index (χ2v) is 6.35. The largest absolute Gasteiger partial charge is 0.334 e. The molecule has 20 heavy (non-hydrogen) atoms. The van der Waals surface area contributed by atoms with Crippen LogP contribution in [0.15, 0.2) is 29.6 Å². The molecule has 0 radical (unpaired) electrons. The van der Waals surface area contributed by atoms with Crippen LogP contribution in [-0.2, 0) is 16.6 Å². The maximum absolute atomic E-state index is 12.2. The Labute approximate surface area is 122 Å². The number of imidazole rings is 1. The molecular formula is C12H15ClN4O2S. The molecule has 2 heterocycles. The summed E-state index contributed by atoms with van der Waals surface area (Å²) in [5.41, 5.74) is 0. The van der Waals surface area contributed by atoms with Crippen molar-refractivity contribution in [1.82, 2.24) is 14.5 Å². The first-order valence-electron chi connectivity index (χ1n) is 6.10. The van der Waals surface area contributed by atoms with Gasteiger partial charge in [0.2, 0.25) is 0 Å². The summed E-state index contributed by atoms with van der Waals surface area (Å²) in [5, 5.41) is 0.385. The molecule has 2 rings (SSSR count). The highest BCUT2D eigenvalue weighted by molar-refractivity contribution is 7.92. The van der Waals surface area contributed by atoms with Gasteiger partial charge in [0.1, 0.15) is 11.6 Å². The second-order valence-electron chi connectivity index (χ2n) is 4.28. The molecule has 0 amide bonds. The highest BCUT2D eigenvalue weighted by atomic mass is 35.5. The number of aryl methyl sites for hydroxylation is 2. The fourth-order valence-electron chi connectivity index (χ4n) is 1.73. The molecule has 0 aromatic carbocycles. The Morgan fingerprint density at radius 1 is 1.45 bits per heavy atom. The second kappa shape index (κ2) is 5.80. The molecule has 0 fully saturated rings. The molecule has 108 valence electrons. The average Bonchev–Trinajstić information content (AvgIpc) is 2.72. The lowest BCUT2D eigenvalue weighted by atomic mass is 10.5. The standard InChI is InChI=1S/C12H15ClN4O2S/c1-3-6-17-8-12(15-9(17)2)20(18,19)16-11-7-10(13)4-5-14-11/h4-5,7-8H,3,6H2,1-2H3,(H,14,16). The number of halogens is 1. The molecule has 0 aliphatic carbocycles. The number of sulfonamides is 1. The molecule has 0 atom stereocenters. The number of rotatable bonds is 5. The van der Waals surface area contributed by atoms with Gasteiger partial charge in [-0.3, -0.25) is 4.72 Å². The smallest absolute Gasteiger partial charge is 0.282 e. The number of hydrogen-bond acceptors (Lipinski definition) is 4. The molecule has 0 bridgehead atoms. The molecule has 0 saturated carbocycles. The summed E-state index contributed by atoms with van der Waals surface area (Å²) in [6.45, 7) is 4.51. The molecule has 0 unspecified atom stereocenters. The fraction of sp³-hybridized carbons (Fsp3) is 0.333. The minimum atomic E-state index is -3.75. The van der Waals surface area contributed by atoms with Gasteiger partial charge >= 0.3 is 0 Å². The zero-order valence-corrected chi connectivity index (χ0v) is 12.7. The molecule has 1 N–H and O–H groups in total. The molecule has 2 aromatic rings. The van der Waals surface area contributed by atoms with Crippen molar-refractivity contribution in [3.05, 3.63) is 35.4 Å². The van der Waals surface area contributed by atoms with E-state index in [1.54, 1.807) is 17.6 Å². The van der Waals surface area contributed by atoms with Crippen molar-refractivity contribution in [3.63, 3.8) is 0 Å². The van der Waals surface area contributed by atoms with Gasteiger partial charge in [-0.1, -0.05) is 18.5 Å². The van der Waals surface area contributed by atoms with E-state index in [2.05, 4.69) is 14.7 Å². The third-order valence-corrected chi connectivity index (χ3v) is 4.12. The highest BCUT2D eigenvalue weighted by Gasteiger charge is 2.19. The van der Waals surface area contributed by atoms with E-state index in [9.17, 15) is 8.42 Å². The Bertz CT molecular complexity index is 712. The van der Waals surface area contributed by atoms with E-state index in [0.717, 1.165) is 13.0 Å². The van der Waals surface area contributed by atoms with Gasteiger partial charge < -0.3 is 4.57 Å². The van der Waals surface area contributed by atoms with E-state index in [-0.39, 0.29) is 10.8 Å². The number of pyridine rings is 1. The molecule has 0 saturated heterocycles. The number of anilines is 1. The molecule has 0 spiro atoms. The summed E-state index contributed by atoms with van der Waals surface area (Å²) in [6.07, 6.45) is 3.85. The lowest BCUT2D eigenvalue weighted by Gasteiger charge is -2.04. The van der Waals surface area contributed by atoms with Gasteiger partial charge in [-0.15, -0.1) is 0 Å². The minimum absolute atomic E-state index is 0.0229. The number of hydrogen-bond donors (Lipinski definition) is 1. The Morgan fingerprint density at radius 3 is 2.85 bits per heavy atom. The predicted octanol–water partition coefficient (Wildman–Crippen LogP) is 2.45. The van der Waals surface area contributed by atoms with E-state index in [1.165, 1.54) is 18.5 Å². The van der Waals surface area contributed by atoms with E-state index < -0.39 is 10.0 Å². The van der Waals surface area contributed by atoms with E-state index in [0.29, 0.717) is 10.8 Å². The lowest BCUT2D eigenvalue weighted by molar-refractivity contribution is 0.597. The Hall–Kier alpha value is -1.60. The summed E-state index contributed by atoms with van der Waals surface area (Å²) < 4.78 is 28.6. The monoisotopic (exact) mass is 314 g/mol. The fourth-order valence-corrected chi connectivity index (χ4v) is 2.90. The SMILES string of the molecule is CCCn1cc(S(=O)(=O)Nc2cc(Cl)ccn2)nc1C. The van der Waals surface area contributed by atoms with Crippen LogP contribution in [0.1, 0.15) is 19.2 Å². The molecule has 8 heteroatoms. The van der Waals surface area contributed by atoms with Crippen LogP contribution in [0, 0.1) is 6.92 Å². The highest BCUT2D eigenvalue weighted by Crippen LogP contribution is 2.17. The third kappa shape index (κ3) is 3.29. The van der Waals surface area contributed by atoms with Crippen LogP contribution >= 0.6 is 11.6 Å². The first kappa shape index (κ1) is 14.8. The van der Waals surface area contributed by atoms with Crippen LogP contribution in [0.3, 0.4) is 0 Å². The summed E-state index contributed by atoms with van der Waals surface area (Å²) >= 11 is 5.80. The van der Waals surface area contributed by atoms with Crippen molar-refractivity contribution in [3.8, 4) is 0 Å². The van der Waals surface area contributed by atoms with Crippen LogP contribution in [0.2, 0.25) is 5.02 Å². The number of aromatic nitrogens is 3. The first-order chi connectivity index (χ1) is 9.42. The summed E-state index contributed by atoms with van der Waals surface area (Å²) in [6, 6.07) is 3.01. The van der Waals surface area contributed by atoms with Crippen molar-refractivity contribution in [2.45, 2.75) is 31.8 Å². The first-order valence-corrected chi connectivity index (χ1v) is 7.96. The topological polar surface area (TPSA) is 76.9 Å². The van der Waals surface area contributed by atoms with Crippen LogP contribution in [-0.4, -0.2) is 23.0 Å². The molecule has 0 aliphatic heterocycles. The maximum Gasteiger partial charge on any atom is 0.282 e. The average molecular weight is 315 g/mol. The minimum Gasteiger partial charge on any atom is -0.334 e. The molecular weight excluding hydrogens is 300 g/mol. The Balaban J connectivity index is 2.28. The molecule has 2 aromatic heterocycles. The number of nitrogens with one attached hydrogen (secondary N) is 1. The van der Waals surface area contributed by atoms with Crippen molar-refractivity contribution in [2.75, 3.05) is 4.72 Å². The summed E-state index contributed by atoms with van der Waals surface area (Å²) in [5.74, 6) is 0.825. The maximum atomic E-state index is 12.2. The normalized spacial score (nSPS) is 11.6. The summed E-state index contributed by atoms with van der Waals surface area (Å²) in [4.78, 5) is 7.98. The molecule has 0 aliphatic rings. The predicted molar refractivity (Wildman–Crippen MR) is 77.3 cm³/mol. The Morgan fingerprint density at radius 2 is 2.20 bits per heavy atom. The quantitative estimate of drug-likeness (QED) is 0.919. The van der Waals surface area contributed by atoms with Gasteiger partial charge in [0.05, 0.1) is 0 Å². The van der Waals surface area contributed by atoms with Gasteiger partial charge in [-0.2, -0.15) is 8.42 Å². The number of nitrogens with zero attached hydrogens (tertiary/aromatic N) is 3. The van der Waals surface area contributed by atoms with Gasteiger partial charge in [-0.25, -0.2) is 9.97 Å². The van der Waals surface area contributed by atoms with E-state index in [4.69, 9.17) is 11.6 Å². The van der Waals surface area contributed by atoms with Crippen LogP contribution < -0.4 is 4.72 Å². The van der Waals surface area contributed by atoms with Crippen molar-refractivity contribution >= 4 is 27.4 Å². The summed E-state index contributed by atoms with van der Waals surface area (Å²) in [7, 11) is -3.75.